The first-order valence-electron chi connectivity index (χ1n) is 10.1. The van der Waals surface area contributed by atoms with Crippen molar-refractivity contribution in [2.45, 2.75) is 70.8 Å². The molecule has 0 N–H and O–H groups in total. The summed E-state index contributed by atoms with van der Waals surface area (Å²) in [5, 5.41) is 0. The van der Waals surface area contributed by atoms with E-state index < -0.39 is 0 Å². The molecule has 1 aromatic carbocycles. The Kier molecular flexibility index (Phi) is 6.70. The lowest BCUT2D eigenvalue weighted by atomic mass is 9.68. The second-order valence-corrected chi connectivity index (χ2v) is 8.10. The number of ether oxygens (including phenoxy) is 1. The molecule has 25 heavy (non-hydrogen) atoms. The molecule has 0 saturated heterocycles. The molecule has 2 saturated carbocycles. The first-order valence-corrected chi connectivity index (χ1v) is 10.1. The lowest BCUT2D eigenvalue weighted by Gasteiger charge is -2.37. The predicted molar refractivity (Wildman–Crippen MR) is 102 cm³/mol. The molecule has 2 aliphatic carbocycles. The lowest BCUT2D eigenvalue weighted by molar-refractivity contribution is 0.171. The Morgan fingerprint density at radius 2 is 1.64 bits per heavy atom. The van der Waals surface area contributed by atoms with Gasteiger partial charge in [0.1, 0.15) is 5.82 Å². The molecule has 0 spiro atoms. The number of hydrogen-bond acceptors (Lipinski definition) is 1. The lowest BCUT2D eigenvalue weighted by Crippen LogP contribution is -2.25. The first kappa shape index (κ1) is 18.6. The SMILES string of the molecule is C/C=C/[C@H]1CC[C@H]([C@H]2CC[C@H](c3ccc(COC)c(F)c3)CC2)CC1. The fraction of sp³-hybridized carbons (Fsp3) is 0.652. The topological polar surface area (TPSA) is 9.23 Å². The zero-order chi connectivity index (χ0) is 17.6. The molecule has 2 fully saturated rings. The molecule has 0 radical (unpaired) electrons. The number of methoxy groups -OCH3 is 1. The third-order valence-corrected chi connectivity index (χ3v) is 6.57. The second kappa shape index (κ2) is 8.98. The van der Waals surface area contributed by atoms with Crippen molar-refractivity contribution in [3.8, 4) is 0 Å². The van der Waals surface area contributed by atoms with Crippen molar-refractivity contribution in [2.75, 3.05) is 7.11 Å². The minimum atomic E-state index is -0.108. The molecule has 1 nitrogen and oxygen atoms in total. The van der Waals surface area contributed by atoms with Gasteiger partial charge in [-0.1, -0.05) is 24.3 Å². The average molecular weight is 345 g/mol. The van der Waals surface area contributed by atoms with Crippen LogP contribution in [0.3, 0.4) is 0 Å². The first-order chi connectivity index (χ1) is 12.2. The van der Waals surface area contributed by atoms with Gasteiger partial charge >= 0.3 is 0 Å². The smallest absolute Gasteiger partial charge is 0.129 e. The summed E-state index contributed by atoms with van der Waals surface area (Å²) in [6.07, 6.45) is 15.3. The molecule has 1 aromatic rings. The van der Waals surface area contributed by atoms with Crippen LogP contribution in [0, 0.1) is 23.6 Å². The highest BCUT2D eigenvalue weighted by Gasteiger charge is 2.30. The predicted octanol–water partition coefficient (Wildman–Crippen LogP) is 6.63. The molecule has 0 atom stereocenters. The Balaban J connectivity index is 1.51. The van der Waals surface area contributed by atoms with Gasteiger partial charge in [-0.2, -0.15) is 0 Å². The van der Waals surface area contributed by atoms with E-state index in [-0.39, 0.29) is 5.82 Å². The van der Waals surface area contributed by atoms with Gasteiger partial charge in [0.15, 0.2) is 0 Å². The van der Waals surface area contributed by atoms with E-state index >= 15 is 0 Å². The van der Waals surface area contributed by atoms with Crippen LogP contribution in [-0.4, -0.2) is 7.11 Å². The third kappa shape index (κ3) is 4.73. The molecule has 3 rings (SSSR count). The van der Waals surface area contributed by atoms with E-state index in [2.05, 4.69) is 25.1 Å². The number of allylic oxidation sites excluding steroid dienone is 2. The van der Waals surface area contributed by atoms with Crippen LogP contribution >= 0.6 is 0 Å². The molecule has 0 heterocycles. The van der Waals surface area contributed by atoms with Crippen LogP contribution < -0.4 is 0 Å². The summed E-state index contributed by atoms with van der Waals surface area (Å²) >= 11 is 0. The van der Waals surface area contributed by atoms with E-state index in [4.69, 9.17) is 4.74 Å². The molecule has 0 aromatic heterocycles. The summed E-state index contributed by atoms with van der Waals surface area (Å²) in [5.41, 5.74) is 1.85. The van der Waals surface area contributed by atoms with Gasteiger partial charge in [0.05, 0.1) is 6.61 Å². The van der Waals surface area contributed by atoms with Gasteiger partial charge in [0.2, 0.25) is 0 Å². The van der Waals surface area contributed by atoms with Crippen molar-refractivity contribution in [3.05, 3.63) is 47.3 Å². The van der Waals surface area contributed by atoms with Gasteiger partial charge in [0, 0.05) is 12.7 Å². The molecular weight excluding hydrogens is 311 g/mol. The fourth-order valence-electron chi connectivity index (χ4n) is 5.09. The quantitative estimate of drug-likeness (QED) is 0.545. The van der Waals surface area contributed by atoms with Crippen molar-refractivity contribution < 1.29 is 9.13 Å². The molecular formula is C23H33FO. The van der Waals surface area contributed by atoms with Crippen LogP contribution in [0.5, 0.6) is 0 Å². The highest BCUT2D eigenvalue weighted by molar-refractivity contribution is 5.27. The highest BCUT2D eigenvalue weighted by atomic mass is 19.1. The normalized spacial score (nSPS) is 30.7. The Labute approximate surface area is 152 Å². The molecule has 2 aliphatic rings. The van der Waals surface area contributed by atoms with Crippen LogP contribution in [0.15, 0.2) is 30.4 Å². The van der Waals surface area contributed by atoms with Crippen molar-refractivity contribution in [3.63, 3.8) is 0 Å². The summed E-state index contributed by atoms with van der Waals surface area (Å²) in [6.45, 7) is 2.49. The summed E-state index contributed by atoms with van der Waals surface area (Å²) in [4.78, 5) is 0. The van der Waals surface area contributed by atoms with E-state index in [1.165, 1.54) is 56.9 Å². The molecule has 138 valence electrons. The summed E-state index contributed by atoms with van der Waals surface area (Å²) < 4.78 is 19.2. The molecule has 0 aliphatic heterocycles. The summed E-state index contributed by atoms with van der Waals surface area (Å²) in [5.74, 6) is 3.10. The van der Waals surface area contributed by atoms with E-state index in [9.17, 15) is 4.39 Å². The average Bonchev–Trinajstić information content (AvgIpc) is 2.65. The maximum Gasteiger partial charge on any atom is 0.129 e. The van der Waals surface area contributed by atoms with Gasteiger partial charge < -0.3 is 4.74 Å². The Morgan fingerprint density at radius 1 is 1.00 bits per heavy atom. The molecule has 0 amide bonds. The number of halogens is 1. The highest BCUT2D eigenvalue weighted by Crippen LogP contribution is 2.44. The monoisotopic (exact) mass is 344 g/mol. The zero-order valence-electron chi connectivity index (χ0n) is 15.8. The van der Waals surface area contributed by atoms with Gasteiger partial charge in [-0.05, 0) is 93.6 Å². The van der Waals surface area contributed by atoms with Crippen LogP contribution in [0.2, 0.25) is 0 Å². The van der Waals surface area contributed by atoms with Crippen LogP contribution in [-0.2, 0) is 11.3 Å². The van der Waals surface area contributed by atoms with E-state index in [1.807, 2.05) is 6.07 Å². The van der Waals surface area contributed by atoms with Gasteiger partial charge in [0.25, 0.3) is 0 Å². The van der Waals surface area contributed by atoms with E-state index in [0.29, 0.717) is 18.1 Å². The standard InChI is InChI=1S/C23H33FO/c1-3-4-17-5-7-18(8-6-17)19-9-11-20(12-10-19)21-13-14-22(16-25-2)23(24)15-21/h3-4,13-15,17-20H,5-12,16H2,1-2H3/b4-3+/t17-,18-,19-,20-. The van der Waals surface area contributed by atoms with Gasteiger partial charge in [-0.15, -0.1) is 0 Å². The Morgan fingerprint density at radius 3 is 2.20 bits per heavy atom. The molecule has 2 heteroatoms. The van der Waals surface area contributed by atoms with Crippen LogP contribution in [0.4, 0.5) is 4.39 Å². The third-order valence-electron chi connectivity index (χ3n) is 6.57. The van der Waals surface area contributed by atoms with Gasteiger partial charge in [-0.3, -0.25) is 0 Å². The Hall–Kier alpha value is -1.15. The minimum Gasteiger partial charge on any atom is -0.380 e. The van der Waals surface area contributed by atoms with Crippen LogP contribution in [0.1, 0.15) is 75.3 Å². The molecule has 0 unspecified atom stereocenters. The second-order valence-electron chi connectivity index (χ2n) is 8.10. The zero-order valence-corrected chi connectivity index (χ0v) is 15.8. The maximum atomic E-state index is 14.2. The van der Waals surface area contributed by atoms with E-state index in [0.717, 1.165) is 17.8 Å². The van der Waals surface area contributed by atoms with Crippen molar-refractivity contribution in [1.82, 2.24) is 0 Å². The summed E-state index contributed by atoms with van der Waals surface area (Å²) in [7, 11) is 1.61. The van der Waals surface area contributed by atoms with Gasteiger partial charge in [-0.25, -0.2) is 4.39 Å². The fourth-order valence-corrected chi connectivity index (χ4v) is 5.09. The number of benzene rings is 1. The maximum absolute atomic E-state index is 14.2. The van der Waals surface area contributed by atoms with Crippen molar-refractivity contribution in [1.29, 1.82) is 0 Å². The van der Waals surface area contributed by atoms with Crippen molar-refractivity contribution in [2.24, 2.45) is 17.8 Å². The minimum absolute atomic E-state index is 0.108. The molecule has 0 bridgehead atoms. The summed E-state index contributed by atoms with van der Waals surface area (Å²) in [6, 6.07) is 5.77. The number of hydrogen-bond donors (Lipinski definition) is 0. The number of rotatable bonds is 5. The van der Waals surface area contributed by atoms with Crippen molar-refractivity contribution >= 4 is 0 Å². The van der Waals surface area contributed by atoms with Crippen LogP contribution in [0.25, 0.3) is 0 Å². The largest absolute Gasteiger partial charge is 0.380 e. The van der Waals surface area contributed by atoms with E-state index in [1.54, 1.807) is 13.2 Å². The Bertz CT molecular complexity index is 563.